The Labute approximate surface area is 174 Å². The van der Waals surface area contributed by atoms with E-state index in [0.717, 1.165) is 6.07 Å². The van der Waals surface area contributed by atoms with Crippen LogP contribution in [0.4, 0.5) is 23.4 Å². The number of hydrogen-bond acceptors (Lipinski definition) is 5. The average Bonchev–Trinajstić information content (AvgIpc) is 2.71. The summed E-state index contributed by atoms with van der Waals surface area (Å²) in [6.07, 6.45) is -3.30. The van der Waals surface area contributed by atoms with Gasteiger partial charge < -0.3 is 11.1 Å². The molecule has 0 unspecified atom stereocenters. The number of alkyl halides is 3. The maximum absolute atomic E-state index is 13.4. The summed E-state index contributed by atoms with van der Waals surface area (Å²) in [6, 6.07) is 10.1. The average molecular weight is 436 g/mol. The Bertz CT molecular complexity index is 1110. The summed E-state index contributed by atoms with van der Waals surface area (Å²) >= 11 is 5.76. The molecule has 0 saturated carbocycles. The fraction of sp³-hybridized carbons (Fsp3) is 0.150. The monoisotopic (exact) mass is 435 g/mol. The quantitative estimate of drug-likeness (QED) is 0.554. The molecule has 3 N–H and O–H groups in total. The fourth-order valence-corrected chi connectivity index (χ4v) is 3.00. The smallest absolute Gasteiger partial charge is 0.368 e. The lowest BCUT2D eigenvalue weighted by Crippen LogP contribution is -2.21. The SMILES string of the molecule is N#Cc1cc([C@@H](N)CNc2cc(-c3ccc(C(F)(F)F)c(Cl)c3)ncn2)ccc1F. The number of nitriles is 1. The van der Waals surface area contributed by atoms with Crippen molar-refractivity contribution in [3.05, 3.63) is 76.3 Å². The van der Waals surface area contributed by atoms with Gasteiger partial charge in [0.15, 0.2) is 0 Å². The molecule has 3 rings (SSSR count). The highest BCUT2D eigenvalue weighted by molar-refractivity contribution is 6.31. The van der Waals surface area contributed by atoms with E-state index in [9.17, 15) is 17.6 Å². The van der Waals surface area contributed by atoms with Crippen molar-refractivity contribution in [2.24, 2.45) is 5.73 Å². The predicted octanol–water partition coefficient (Wildman–Crippen LogP) is 4.94. The minimum absolute atomic E-state index is 0.105. The highest BCUT2D eigenvalue weighted by atomic mass is 35.5. The van der Waals surface area contributed by atoms with Crippen molar-refractivity contribution in [2.75, 3.05) is 11.9 Å². The van der Waals surface area contributed by atoms with Gasteiger partial charge in [0, 0.05) is 24.2 Å². The molecule has 0 radical (unpaired) electrons. The van der Waals surface area contributed by atoms with Crippen LogP contribution in [0.3, 0.4) is 0 Å². The molecule has 0 amide bonds. The van der Waals surface area contributed by atoms with Gasteiger partial charge in [-0.15, -0.1) is 0 Å². The van der Waals surface area contributed by atoms with Crippen LogP contribution in [0.15, 0.2) is 48.8 Å². The molecular formula is C20H14ClF4N5. The van der Waals surface area contributed by atoms with E-state index in [1.165, 1.54) is 42.7 Å². The zero-order valence-corrected chi connectivity index (χ0v) is 16.0. The third-order valence-electron chi connectivity index (χ3n) is 4.28. The van der Waals surface area contributed by atoms with Crippen LogP contribution in [0.5, 0.6) is 0 Å². The summed E-state index contributed by atoms with van der Waals surface area (Å²) in [5.41, 5.74) is 6.36. The highest BCUT2D eigenvalue weighted by Crippen LogP contribution is 2.36. The second kappa shape index (κ2) is 8.65. The predicted molar refractivity (Wildman–Crippen MR) is 104 cm³/mol. The van der Waals surface area contributed by atoms with Gasteiger partial charge in [-0.1, -0.05) is 23.7 Å². The van der Waals surface area contributed by atoms with Crippen LogP contribution in [0.1, 0.15) is 22.7 Å². The van der Waals surface area contributed by atoms with Crippen molar-refractivity contribution in [1.82, 2.24) is 9.97 Å². The van der Waals surface area contributed by atoms with Gasteiger partial charge >= 0.3 is 6.18 Å². The number of aromatic nitrogens is 2. The number of halogens is 5. The first kappa shape index (κ1) is 21.5. The van der Waals surface area contributed by atoms with Crippen LogP contribution < -0.4 is 11.1 Å². The van der Waals surface area contributed by atoms with Gasteiger partial charge in [0.1, 0.15) is 24.0 Å². The van der Waals surface area contributed by atoms with Crippen molar-refractivity contribution in [1.29, 1.82) is 5.26 Å². The first-order valence-electron chi connectivity index (χ1n) is 8.57. The Morgan fingerprint density at radius 3 is 2.57 bits per heavy atom. The van der Waals surface area contributed by atoms with E-state index in [-0.39, 0.29) is 12.1 Å². The van der Waals surface area contributed by atoms with Gasteiger partial charge in [0.05, 0.1) is 21.8 Å². The van der Waals surface area contributed by atoms with Crippen LogP contribution in [0, 0.1) is 17.1 Å². The molecule has 0 fully saturated rings. The summed E-state index contributed by atoms with van der Waals surface area (Å²) in [5.74, 6) is -0.244. The van der Waals surface area contributed by atoms with Crippen molar-refractivity contribution in [2.45, 2.75) is 12.2 Å². The molecule has 5 nitrogen and oxygen atoms in total. The van der Waals surface area contributed by atoms with Crippen LogP contribution >= 0.6 is 11.6 Å². The van der Waals surface area contributed by atoms with E-state index in [4.69, 9.17) is 22.6 Å². The van der Waals surface area contributed by atoms with Crippen LogP contribution in [0.2, 0.25) is 5.02 Å². The highest BCUT2D eigenvalue weighted by Gasteiger charge is 2.33. The summed E-state index contributed by atoms with van der Waals surface area (Å²) in [7, 11) is 0. The molecule has 0 aliphatic rings. The number of rotatable bonds is 5. The molecule has 1 atom stereocenters. The fourth-order valence-electron chi connectivity index (χ4n) is 2.71. The zero-order chi connectivity index (χ0) is 21.9. The van der Waals surface area contributed by atoms with E-state index in [1.54, 1.807) is 6.07 Å². The van der Waals surface area contributed by atoms with E-state index in [1.807, 2.05) is 0 Å². The van der Waals surface area contributed by atoms with Gasteiger partial charge in [-0.2, -0.15) is 18.4 Å². The van der Waals surface area contributed by atoms with Crippen LogP contribution in [-0.2, 0) is 6.18 Å². The minimum Gasteiger partial charge on any atom is -0.368 e. The standard InChI is InChI=1S/C20H14ClF4N5/c21-15-6-12(1-3-14(15)20(23,24)25)18-7-19(30-10-29-18)28-9-17(27)11-2-4-16(22)13(5-11)8-26/h1-7,10,17H,9,27H2,(H,28,29,30)/t17-/m0/s1. The lowest BCUT2D eigenvalue weighted by atomic mass is 10.0. The molecule has 30 heavy (non-hydrogen) atoms. The topological polar surface area (TPSA) is 87.6 Å². The van der Waals surface area contributed by atoms with Crippen molar-refractivity contribution < 1.29 is 17.6 Å². The number of nitrogens with zero attached hydrogens (tertiary/aromatic N) is 3. The lowest BCUT2D eigenvalue weighted by Gasteiger charge is -2.15. The molecule has 0 saturated heterocycles. The van der Waals surface area contributed by atoms with Crippen LogP contribution in [0.25, 0.3) is 11.3 Å². The summed E-state index contributed by atoms with van der Waals surface area (Å²) in [6.45, 7) is 0.209. The molecule has 0 aliphatic heterocycles. The zero-order valence-electron chi connectivity index (χ0n) is 15.2. The van der Waals surface area contributed by atoms with E-state index in [0.29, 0.717) is 22.6 Å². The molecule has 0 spiro atoms. The van der Waals surface area contributed by atoms with Crippen LogP contribution in [-0.4, -0.2) is 16.5 Å². The minimum atomic E-state index is -4.55. The summed E-state index contributed by atoms with van der Waals surface area (Å²) < 4.78 is 52.0. The Morgan fingerprint density at radius 2 is 1.90 bits per heavy atom. The van der Waals surface area contributed by atoms with Gasteiger partial charge in [0.25, 0.3) is 0 Å². The Morgan fingerprint density at radius 1 is 1.13 bits per heavy atom. The maximum atomic E-state index is 13.4. The van der Waals surface area contributed by atoms with Gasteiger partial charge in [0.2, 0.25) is 0 Å². The number of nitrogens with two attached hydrogens (primary N) is 1. The molecular weight excluding hydrogens is 422 g/mol. The van der Waals surface area contributed by atoms with E-state index >= 15 is 0 Å². The first-order valence-corrected chi connectivity index (χ1v) is 8.95. The van der Waals surface area contributed by atoms with Crippen molar-refractivity contribution >= 4 is 17.4 Å². The largest absolute Gasteiger partial charge is 0.417 e. The van der Waals surface area contributed by atoms with Crippen molar-refractivity contribution in [3.63, 3.8) is 0 Å². The van der Waals surface area contributed by atoms with E-state index < -0.39 is 28.6 Å². The summed E-state index contributed by atoms with van der Waals surface area (Å²) in [4.78, 5) is 8.11. The second-order valence-corrected chi connectivity index (χ2v) is 6.73. The molecule has 1 heterocycles. The third-order valence-corrected chi connectivity index (χ3v) is 4.59. The molecule has 2 aromatic carbocycles. The molecule has 10 heteroatoms. The normalized spacial score (nSPS) is 12.3. The van der Waals surface area contributed by atoms with Crippen molar-refractivity contribution in [3.8, 4) is 17.3 Å². The number of hydrogen-bond donors (Lipinski definition) is 2. The molecule has 3 aromatic rings. The Balaban J connectivity index is 1.75. The van der Waals surface area contributed by atoms with Gasteiger partial charge in [-0.25, -0.2) is 14.4 Å². The molecule has 0 bridgehead atoms. The third kappa shape index (κ3) is 4.84. The molecule has 1 aromatic heterocycles. The maximum Gasteiger partial charge on any atom is 0.417 e. The molecule has 154 valence electrons. The Kier molecular flexibility index (Phi) is 6.20. The van der Waals surface area contributed by atoms with Gasteiger partial charge in [-0.3, -0.25) is 0 Å². The van der Waals surface area contributed by atoms with Gasteiger partial charge in [-0.05, 0) is 29.8 Å². The molecule has 0 aliphatic carbocycles. The Hall–Kier alpha value is -3.22. The second-order valence-electron chi connectivity index (χ2n) is 6.32. The number of benzene rings is 2. The first-order chi connectivity index (χ1) is 14.2. The number of anilines is 1. The van der Waals surface area contributed by atoms with E-state index in [2.05, 4.69) is 15.3 Å². The number of nitrogens with one attached hydrogen (secondary N) is 1. The lowest BCUT2D eigenvalue weighted by molar-refractivity contribution is -0.137. The summed E-state index contributed by atoms with van der Waals surface area (Å²) in [5, 5.41) is 11.5.